The van der Waals surface area contributed by atoms with Crippen molar-refractivity contribution in [1.82, 2.24) is 10.2 Å². The Morgan fingerprint density at radius 1 is 1.24 bits per heavy atom. The smallest absolute Gasteiger partial charge is 0.326 e. The molecule has 2 saturated heterocycles. The van der Waals surface area contributed by atoms with Crippen LogP contribution >= 0.6 is 0 Å². The van der Waals surface area contributed by atoms with Crippen LogP contribution in [0.2, 0.25) is 0 Å². The number of nitrogens with one attached hydrogen (secondary N) is 1. The van der Waals surface area contributed by atoms with E-state index in [1.807, 2.05) is 0 Å². The molecule has 0 aromatic rings. The van der Waals surface area contributed by atoms with Gasteiger partial charge in [-0.2, -0.15) is 0 Å². The average Bonchev–Trinajstić information content (AvgIpc) is 2.83. The van der Waals surface area contributed by atoms with Crippen LogP contribution in [0.4, 0.5) is 0 Å². The van der Waals surface area contributed by atoms with Gasteiger partial charge in [0.2, 0.25) is 11.8 Å². The number of nitrogens with zero attached hydrogens (tertiary/aromatic N) is 1. The minimum absolute atomic E-state index is 0.0589. The maximum absolute atomic E-state index is 11.9. The molecule has 0 bridgehead atoms. The summed E-state index contributed by atoms with van der Waals surface area (Å²) in [4.78, 5) is 46.1. The normalized spacial score (nSPS) is 28.4. The Bertz CT molecular complexity index is 406. The van der Waals surface area contributed by atoms with E-state index in [0.29, 0.717) is 6.42 Å². The summed E-state index contributed by atoms with van der Waals surface area (Å²) < 4.78 is 0. The number of carbonyl (C=O) groups is 4. The highest BCUT2D eigenvalue weighted by molar-refractivity contribution is 6.05. The van der Waals surface area contributed by atoms with E-state index in [1.165, 1.54) is 0 Å². The highest BCUT2D eigenvalue weighted by Crippen LogP contribution is 2.22. The second kappa shape index (κ2) is 4.15. The minimum atomic E-state index is -1.19. The molecule has 2 aliphatic rings. The van der Waals surface area contributed by atoms with Crippen LogP contribution in [0.15, 0.2) is 0 Å². The third-order valence-electron chi connectivity index (χ3n) is 3.03. The largest absolute Gasteiger partial charge is 0.480 e. The molecule has 2 fully saturated rings. The summed E-state index contributed by atoms with van der Waals surface area (Å²) in [5.74, 6) is -2.52. The molecular formula is C10H12N2O5. The molecule has 0 unspecified atom stereocenters. The van der Waals surface area contributed by atoms with E-state index in [4.69, 9.17) is 5.11 Å². The van der Waals surface area contributed by atoms with Gasteiger partial charge in [0.25, 0.3) is 5.91 Å². The zero-order valence-corrected chi connectivity index (χ0v) is 9.01. The second-order valence-corrected chi connectivity index (χ2v) is 4.15. The molecule has 0 aromatic carbocycles. The van der Waals surface area contributed by atoms with Crippen LogP contribution < -0.4 is 5.32 Å². The number of imide groups is 1. The van der Waals surface area contributed by atoms with E-state index in [1.54, 1.807) is 0 Å². The molecule has 0 radical (unpaired) electrons. The van der Waals surface area contributed by atoms with Crippen molar-refractivity contribution in [2.24, 2.45) is 0 Å². The topological polar surface area (TPSA) is 104 Å². The Labute approximate surface area is 96.8 Å². The Kier molecular flexibility index (Phi) is 2.83. The van der Waals surface area contributed by atoms with Gasteiger partial charge in [0.1, 0.15) is 12.1 Å². The minimum Gasteiger partial charge on any atom is -0.480 e. The van der Waals surface area contributed by atoms with Gasteiger partial charge < -0.3 is 10.4 Å². The van der Waals surface area contributed by atoms with Crippen LogP contribution in [0.1, 0.15) is 25.7 Å². The van der Waals surface area contributed by atoms with E-state index in [0.717, 1.165) is 4.90 Å². The first-order valence-electron chi connectivity index (χ1n) is 5.39. The predicted octanol–water partition coefficient (Wildman–Crippen LogP) is -1.13. The number of amides is 3. The lowest BCUT2D eigenvalue weighted by Gasteiger charge is -2.22. The zero-order valence-electron chi connectivity index (χ0n) is 9.01. The van der Waals surface area contributed by atoms with Crippen molar-refractivity contribution in [2.45, 2.75) is 37.8 Å². The number of carbonyl (C=O) groups excluding carboxylic acids is 3. The summed E-state index contributed by atoms with van der Waals surface area (Å²) in [6, 6.07) is -1.85. The summed E-state index contributed by atoms with van der Waals surface area (Å²) in [6.45, 7) is 0. The first kappa shape index (κ1) is 11.6. The molecule has 2 N–H and O–H groups in total. The van der Waals surface area contributed by atoms with Gasteiger partial charge in [0.05, 0.1) is 0 Å². The first-order chi connectivity index (χ1) is 8.00. The zero-order chi connectivity index (χ0) is 12.6. The number of carboxylic acid groups (broad SMARTS) is 1. The van der Waals surface area contributed by atoms with Crippen molar-refractivity contribution < 1.29 is 24.3 Å². The number of hydrogen-bond acceptors (Lipinski definition) is 4. The molecule has 0 spiro atoms. The number of likely N-dealkylation sites (tertiary alicyclic amines) is 1. The first-order valence-corrected chi connectivity index (χ1v) is 5.39. The van der Waals surface area contributed by atoms with E-state index >= 15 is 0 Å². The Hall–Kier alpha value is -1.92. The van der Waals surface area contributed by atoms with Gasteiger partial charge in [-0.05, 0) is 12.8 Å². The van der Waals surface area contributed by atoms with Crippen molar-refractivity contribution in [1.29, 1.82) is 0 Å². The van der Waals surface area contributed by atoms with Gasteiger partial charge in [-0.15, -0.1) is 0 Å². The lowest BCUT2D eigenvalue weighted by molar-refractivity contribution is -0.154. The Morgan fingerprint density at radius 3 is 2.47 bits per heavy atom. The monoisotopic (exact) mass is 240 g/mol. The molecule has 0 saturated carbocycles. The maximum atomic E-state index is 11.9. The van der Waals surface area contributed by atoms with Crippen molar-refractivity contribution in [3.63, 3.8) is 0 Å². The van der Waals surface area contributed by atoms with Gasteiger partial charge in [-0.25, -0.2) is 4.79 Å². The summed E-state index contributed by atoms with van der Waals surface area (Å²) in [7, 11) is 0. The molecule has 7 nitrogen and oxygen atoms in total. The quantitative estimate of drug-likeness (QED) is 0.594. The molecule has 7 heteroatoms. The van der Waals surface area contributed by atoms with Crippen LogP contribution in [0.3, 0.4) is 0 Å². The van der Waals surface area contributed by atoms with Gasteiger partial charge in [-0.1, -0.05) is 0 Å². The highest BCUT2D eigenvalue weighted by Gasteiger charge is 2.43. The van der Waals surface area contributed by atoms with Crippen LogP contribution in [0, 0.1) is 0 Å². The number of carboxylic acids is 1. The molecule has 0 aromatic heterocycles. The summed E-state index contributed by atoms with van der Waals surface area (Å²) in [6.07, 6.45) is 0.744. The van der Waals surface area contributed by atoms with Crippen molar-refractivity contribution >= 4 is 23.7 Å². The molecule has 2 heterocycles. The fourth-order valence-corrected chi connectivity index (χ4v) is 2.16. The van der Waals surface area contributed by atoms with E-state index in [2.05, 4.69) is 5.32 Å². The fraction of sp³-hybridized carbons (Fsp3) is 0.600. The number of rotatable bonds is 2. The third kappa shape index (κ3) is 2.00. The van der Waals surface area contributed by atoms with Gasteiger partial charge >= 0.3 is 5.97 Å². The van der Waals surface area contributed by atoms with Gasteiger partial charge in [0.15, 0.2) is 0 Å². The molecule has 3 amide bonds. The van der Waals surface area contributed by atoms with Crippen LogP contribution in [-0.2, 0) is 19.2 Å². The predicted molar refractivity (Wildman–Crippen MR) is 53.7 cm³/mol. The SMILES string of the molecule is O=C1CC[C@@H](C(=O)N2C(=O)CC[C@H]2C(=O)O)N1. The molecule has 2 atom stereocenters. The summed E-state index contributed by atoms with van der Waals surface area (Å²) >= 11 is 0. The van der Waals surface area contributed by atoms with Crippen molar-refractivity contribution in [2.75, 3.05) is 0 Å². The van der Waals surface area contributed by atoms with Crippen LogP contribution in [-0.4, -0.2) is 45.8 Å². The summed E-state index contributed by atoms with van der Waals surface area (Å²) in [5, 5.41) is 11.3. The summed E-state index contributed by atoms with van der Waals surface area (Å²) in [5.41, 5.74) is 0. The molecule has 92 valence electrons. The lowest BCUT2D eigenvalue weighted by Crippen LogP contribution is -2.50. The average molecular weight is 240 g/mol. The van der Waals surface area contributed by atoms with Crippen LogP contribution in [0.5, 0.6) is 0 Å². The van der Waals surface area contributed by atoms with Gasteiger partial charge in [-0.3, -0.25) is 19.3 Å². The Morgan fingerprint density at radius 2 is 1.94 bits per heavy atom. The second-order valence-electron chi connectivity index (χ2n) is 4.15. The Balaban J connectivity index is 2.14. The van der Waals surface area contributed by atoms with Crippen LogP contribution in [0.25, 0.3) is 0 Å². The maximum Gasteiger partial charge on any atom is 0.326 e. The van der Waals surface area contributed by atoms with E-state index < -0.39 is 29.9 Å². The number of aliphatic carboxylic acids is 1. The molecule has 0 aliphatic carbocycles. The standard InChI is InChI=1S/C10H12N2O5/c13-7-3-1-5(11-7)9(15)12-6(10(16)17)2-4-8(12)14/h5-6H,1-4H2,(H,11,13)(H,16,17)/t5-,6-/m0/s1. The number of hydrogen-bond donors (Lipinski definition) is 2. The van der Waals surface area contributed by atoms with Crippen molar-refractivity contribution in [3.8, 4) is 0 Å². The van der Waals surface area contributed by atoms with Gasteiger partial charge in [0, 0.05) is 12.8 Å². The molecular weight excluding hydrogens is 228 g/mol. The lowest BCUT2D eigenvalue weighted by atomic mass is 10.1. The molecule has 2 rings (SSSR count). The highest BCUT2D eigenvalue weighted by atomic mass is 16.4. The fourth-order valence-electron chi connectivity index (χ4n) is 2.16. The van der Waals surface area contributed by atoms with E-state index in [-0.39, 0.29) is 25.2 Å². The molecule has 2 aliphatic heterocycles. The van der Waals surface area contributed by atoms with Crippen molar-refractivity contribution in [3.05, 3.63) is 0 Å². The van der Waals surface area contributed by atoms with E-state index in [9.17, 15) is 19.2 Å². The third-order valence-corrected chi connectivity index (χ3v) is 3.03. The molecule has 17 heavy (non-hydrogen) atoms.